The molecule has 3 heteroatoms. The zero-order chi connectivity index (χ0) is 15.5. The standard InChI is InChI=1S/C18H29N3/c1-13(10-11-19-5)6-9-17-20-15-8-7-14(18(2,3)4)12-16(15)21-17/h7-8,12-13,19H,6,9-11H2,1-5H3,(H,20,21). The maximum absolute atomic E-state index is 4.72. The van der Waals surface area contributed by atoms with Crippen LogP contribution in [-0.2, 0) is 11.8 Å². The molecule has 2 N–H and O–H groups in total. The summed E-state index contributed by atoms with van der Waals surface area (Å²) in [6.07, 6.45) is 3.45. The highest BCUT2D eigenvalue weighted by molar-refractivity contribution is 5.76. The molecule has 0 radical (unpaired) electrons. The average molecular weight is 287 g/mol. The van der Waals surface area contributed by atoms with Gasteiger partial charge in [0.1, 0.15) is 5.82 Å². The Balaban J connectivity index is 2.05. The van der Waals surface area contributed by atoms with E-state index in [9.17, 15) is 0 Å². The van der Waals surface area contributed by atoms with Gasteiger partial charge in [0.25, 0.3) is 0 Å². The van der Waals surface area contributed by atoms with Crippen LogP contribution in [0.25, 0.3) is 11.0 Å². The number of imidazole rings is 1. The van der Waals surface area contributed by atoms with Gasteiger partial charge < -0.3 is 10.3 Å². The average Bonchev–Trinajstić information content (AvgIpc) is 2.83. The van der Waals surface area contributed by atoms with Crippen molar-refractivity contribution < 1.29 is 0 Å². The van der Waals surface area contributed by atoms with Crippen molar-refractivity contribution in [1.82, 2.24) is 15.3 Å². The topological polar surface area (TPSA) is 40.7 Å². The number of hydrogen-bond acceptors (Lipinski definition) is 2. The Morgan fingerprint density at radius 2 is 2.00 bits per heavy atom. The van der Waals surface area contributed by atoms with Gasteiger partial charge in [-0.2, -0.15) is 0 Å². The van der Waals surface area contributed by atoms with Crippen molar-refractivity contribution in [1.29, 1.82) is 0 Å². The summed E-state index contributed by atoms with van der Waals surface area (Å²) < 4.78 is 0. The molecule has 0 aliphatic heterocycles. The van der Waals surface area contributed by atoms with Crippen molar-refractivity contribution >= 4 is 11.0 Å². The number of fused-ring (bicyclic) bond motifs is 1. The molecule has 1 unspecified atom stereocenters. The molecule has 3 nitrogen and oxygen atoms in total. The Labute approximate surface area is 128 Å². The van der Waals surface area contributed by atoms with Crippen LogP contribution in [0.3, 0.4) is 0 Å². The number of aromatic amines is 1. The van der Waals surface area contributed by atoms with Crippen LogP contribution < -0.4 is 5.32 Å². The van der Waals surface area contributed by atoms with E-state index in [1.807, 2.05) is 7.05 Å². The van der Waals surface area contributed by atoms with Crippen molar-refractivity contribution in [2.45, 2.75) is 52.4 Å². The fourth-order valence-corrected chi connectivity index (χ4v) is 2.57. The maximum Gasteiger partial charge on any atom is 0.107 e. The van der Waals surface area contributed by atoms with Crippen LogP contribution in [-0.4, -0.2) is 23.6 Å². The lowest BCUT2D eigenvalue weighted by Gasteiger charge is -2.18. The number of nitrogens with zero attached hydrogens (tertiary/aromatic N) is 1. The third-order valence-corrected chi connectivity index (χ3v) is 4.16. The van der Waals surface area contributed by atoms with E-state index in [2.05, 4.69) is 56.2 Å². The molecular weight excluding hydrogens is 258 g/mol. The van der Waals surface area contributed by atoms with E-state index >= 15 is 0 Å². The summed E-state index contributed by atoms with van der Waals surface area (Å²) in [5, 5.41) is 3.22. The van der Waals surface area contributed by atoms with Gasteiger partial charge in [0.2, 0.25) is 0 Å². The highest BCUT2D eigenvalue weighted by atomic mass is 14.9. The number of H-pyrrole nitrogens is 1. The number of hydrogen-bond donors (Lipinski definition) is 2. The summed E-state index contributed by atoms with van der Waals surface area (Å²) in [7, 11) is 2.01. The van der Waals surface area contributed by atoms with Gasteiger partial charge in [-0.15, -0.1) is 0 Å². The Morgan fingerprint density at radius 3 is 2.67 bits per heavy atom. The van der Waals surface area contributed by atoms with Crippen LogP contribution in [0.1, 0.15) is 51.9 Å². The molecule has 1 aromatic carbocycles. The second-order valence-electron chi connectivity index (χ2n) is 7.20. The fraction of sp³-hybridized carbons (Fsp3) is 0.611. The first-order chi connectivity index (χ1) is 9.90. The van der Waals surface area contributed by atoms with E-state index < -0.39 is 0 Å². The molecule has 0 bridgehead atoms. The number of nitrogens with one attached hydrogen (secondary N) is 2. The Bertz CT molecular complexity index is 578. The third kappa shape index (κ3) is 4.31. The second-order valence-corrected chi connectivity index (χ2v) is 7.20. The molecule has 1 atom stereocenters. The fourth-order valence-electron chi connectivity index (χ4n) is 2.57. The van der Waals surface area contributed by atoms with Crippen LogP contribution in [0, 0.1) is 5.92 Å². The van der Waals surface area contributed by atoms with E-state index in [-0.39, 0.29) is 5.41 Å². The molecule has 0 amide bonds. The second kappa shape index (κ2) is 6.61. The van der Waals surface area contributed by atoms with E-state index in [1.165, 1.54) is 23.9 Å². The molecule has 0 saturated carbocycles. The molecule has 21 heavy (non-hydrogen) atoms. The Kier molecular flexibility index (Phi) is 5.04. The summed E-state index contributed by atoms with van der Waals surface area (Å²) in [5.41, 5.74) is 3.79. The highest BCUT2D eigenvalue weighted by Crippen LogP contribution is 2.25. The maximum atomic E-state index is 4.72. The number of benzene rings is 1. The van der Waals surface area contributed by atoms with E-state index in [4.69, 9.17) is 4.98 Å². The number of rotatable bonds is 6. The van der Waals surface area contributed by atoms with Gasteiger partial charge in [-0.05, 0) is 55.5 Å². The lowest BCUT2D eigenvalue weighted by molar-refractivity contribution is 0.478. The Morgan fingerprint density at radius 1 is 1.24 bits per heavy atom. The SMILES string of the molecule is CNCCC(C)CCc1nc2ccc(C(C)(C)C)cc2[nH]1. The Hall–Kier alpha value is -1.35. The lowest BCUT2D eigenvalue weighted by atomic mass is 9.87. The van der Waals surface area contributed by atoms with E-state index in [1.54, 1.807) is 0 Å². The molecule has 2 rings (SSSR count). The van der Waals surface area contributed by atoms with Gasteiger partial charge in [0.15, 0.2) is 0 Å². The van der Waals surface area contributed by atoms with Crippen LogP contribution >= 0.6 is 0 Å². The zero-order valence-corrected chi connectivity index (χ0v) is 14.1. The molecule has 0 aliphatic carbocycles. The molecule has 0 spiro atoms. The van der Waals surface area contributed by atoms with E-state index in [0.717, 1.165) is 30.2 Å². The van der Waals surface area contributed by atoms with E-state index in [0.29, 0.717) is 0 Å². The lowest BCUT2D eigenvalue weighted by Crippen LogP contribution is -2.12. The van der Waals surface area contributed by atoms with Crippen molar-refractivity contribution in [3.63, 3.8) is 0 Å². The molecule has 0 saturated heterocycles. The molecule has 116 valence electrons. The van der Waals surface area contributed by atoms with Crippen molar-refractivity contribution in [3.05, 3.63) is 29.6 Å². The summed E-state index contributed by atoms with van der Waals surface area (Å²) in [6, 6.07) is 6.58. The monoisotopic (exact) mass is 287 g/mol. The van der Waals surface area contributed by atoms with Crippen molar-refractivity contribution in [2.75, 3.05) is 13.6 Å². The molecule has 1 heterocycles. The van der Waals surface area contributed by atoms with Gasteiger partial charge in [0.05, 0.1) is 11.0 Å². The highest BCUT2D eigenvalue weighted by Gasteiger charge is 2.15. The zero-order valence-electron chi connectivity index (χ0n) is 14.1. The van der Waals surface area contributed by atoms with Gasteiger partial charge in [-0.1, -0.05) is 33.8 Å². The number of aryl methyl sites for hydroxylation is 1. The minimum Gasteiger partial charge on any atom is -0.342 e. The first kappa shape index (κ1) is 16.0. The summed E-state index contributed by atoms with van der Waals surface area (Å²) >= 11 is 0. The smallest absolute Gasteiger partial charge is 0.107 e. The predicted octanol–water partition coefficient (Wildman–Crippen LogP) is 4.04. The van der Waals surface area contributed by atoms with Crippen LogP contribution in [0.5, 0.6) is 0 Å². The van der Waals surface area contributed by atoms with Gasteiger partial charge in [-0.25, -0.2) is 4.98 Å². The summed E-state index contributed by atoms with van der Waals surface area (Å²) in [4.78, 5) is 8.21. The van der Waals surface area contributed by atoms with Crippen molar-refractivity contribution in [3.8, 4) is 0 Å². The molecule has 2 aromatic rings. The number of aromatic nitrogens is 2. The largest absolute Gasteiger partial charge is 0.342 e. The van der Waals surface area contributed by atoms with Gasteiger partial charge in [-0.3, -0.25) is 0 Å². The predicted molar refractivity (Wildman–Crippen MR) is 90.8 cm³/mol. The quantitative estimate of drug-likeness (QED) is 0.842. The molecule has 0 aliphatic rings. The first-order valence-electron chi connectivity index (χ1n) is 8.04. The summed E-state index contributed by atoms with van der Waals surface area (Å²) in [5.74, 6) is 1.85. The third-order valence-electron chi connectivity index (χ3n) is 4.16. The molecular formula is C18H29N3. The minimum atomic E-state index is 0.182. The summed E-state index contributed by atoms with van der Waals surface area (Å²) in [6.45, 7) is 10.1. The van der Waals surface area contributed by atoms with Crippen LogP contribution in [0.2, 0.25) is 0 Å². The van der Waals surface area contributed by atoms with Crippen LogP contribution in [0.15, 0.2) is 18.2 Å². The molecule has 1 aromatic heterocycles. The van der Waals surface area contributed by atoms with Crippen molar-refractivity contribution in [2.24, 2.45) is 5.92 Å². The minimum absolute atomic E-state index is 0.182. The van der Waals surface area contributed by atoms with Crippen LogP contribution in [0.4, 0.5) is 0 Å². The van der Waals surface area contributed by atoms with Gasteiger partial charge >= 0.3 is 0 Å². The normalized spacial score (nSPS) is 13.8. The molecule has 0 fully saturated rings. The first-order valence-corrected chi connectivity index (χ1v) is 8.04. The van der Waals surface area contributed by atoms with Gasteiger partial charge in [0, 0.05) is 6.42 Å².